The van der Waals surface area contributed by atoms with Gasteiger partial charge in [-0.15, -0.1) is 0 Å². The van der Waals surface area contributed by atoms with Crippen LogP contribution in [0, 0.1) is 12.7 Å². The molecule has 0 saturated carbocycles. The van der Waals surface area contributed by atoms with Crippen LogP contribution < -0.4 is 10.6 Å². The monoisotopic (exact) mass is 356 g/mol. The Hall–Kier alpha value is -2.99. The Morgan fingerprint density at radius 2 is 1.84 bits per heavy atom. The quantitative estimate of drug-likeness (QED) is 0.718. The molecule has 7 heteroatoms. The van der Waals surface area contributed by atoms with Crippen LogP contribution in [-0.2, 0) is 0 Å². The molecule has 3 aromatic rings. The lowest BCUT2D eigenvalue weighted by Gasteiger charge is -2.08. The van der Waals surface area contributed by atoms with E-state index in [0.717, 1.165) is 11.3 Å². The van der Waals surface area contributed by atoms with Gasteiger partial charge in [0.05, 0.1) is 11.3 Å². The highest BCUT2D eigenvalue weighted by Gasteiger charge is 2.10. The van der Waals surface area contributed by atoms with Crippen LogP contribution in [0.1, 0.15) is 15.9 Å². The smallest absolute Gasteiger partial charge is 0.258 e. The summed E-state index contributed by atoms with van der Waals surface area (Å²) in [5, 5.41) is 6.11. The van der Waals surface area contributed by atoms with Crippen LogP contribution in [0.15, 0.2) is 54.9 Å². The molecule has 0 saturated heterocycles. The highest BCUT2D eigenvalue weighted by atomic mass is 35.5. The molecular formula is C18H14ClFN4O. The van der Waals surface area contributed by atoms with E-state index < -0.39 is 11.7 Å². The lowest BCUT2D eigenvalue weighted by molar-refractivity contribution is 0.102. The second-order valence-electron chi connectivity index (χ2n) is 5.32. The van der Waals surface area contributed by atoms with E-state index in [1.165, 1.54) is 24.5 Å². The highest BCUT2D eigenvalue weighted by molar-refractivity contribution is 6.31. The van der Waals surface area contributed by atoms with E-state index in [-0.39, 0.29) is 11.3 Å². The van der Waals surface area contributed by atoms with Crippen LogP contribution >= 0.6 is 11.6 Å². The van der Waals surface area contributed by atoms with Gasteiger partial charge in [0.1, 0.15) is 5.82 Å². The summed E-state index contributed by atoms with van der Waals surface area (Å²) in [5.41, 5.74) is 2.02. The van der Waals surface area contributed by atoms with Crippen LogP contribution in [-0.4, -0.2) is 15.9 Å². The maximum Gasteiger partial charge on any atom is 0.258 e. The fourth-order valence-corrected chi connectivity index (χ4v) is 2.25. The zero-order valence-corrected chi connectivity index (χ0v) is 14.0. The summed E-state index contributed by atoms with van der Waals surface area (Å²) in [6.07, 6.45) is 2.72. The summed E-state index contributed by atoms with van der Waals surface area (Å²) in [6.45, 7) is 1.91. The van der Waals surface area contributed by atoms with Crippen LogP contribution in [0.5, 0.6) is 0 Å². The lowest BCUT2D eigenvalue weighted by atomic mass is 10.2. The molecule has 1 amide bonds. The molecule has 0 unspecified atom stereocenters. The third kappa shape index (κ3) is 4.10. The van der Waals surface area contributed by atoms with Crippen molar-refractivity contribution >= 4 is 34.8 Å². The number of rotatable bonds is 4. The average molecular weight is 357 g/mol. The zero-order valence-electron chi connectivity index (χ0n) is 13.3. The second-order valence-corrected chi connectivity index (χ2v) is 5.73. The van der Waals surface area contributed by atoms with E-state index >= 15 is 0 Å². The van der Waals surface area contributed by atoms with E-state index in [1.54, 1.807) is 18.2 Å². The molecule has 0 fully saturated rings. The summed E-state index contributed by atoms with van der Waals surface area (Å²) in [7, 11) is 0. The normalized spacial score (nSPS) is 10.4. The molecule has 0 radical (unpaired) electrons. The number of carbonyl (C=O) groups excluding carboxylic acids is 1. The highest BCUT2D eigenvalue weighted by Crippen LogP contribution is 2.22. The van der Waals surface area contributed by atoms with E-state index in [9.17, 15) is 9.18 Å². The van der Waals surface area contributed by atoms with Gasteiger partial charge in [-0.2, -0.15) is 0 Å². The third-order valence-corrected chi connectivity index (χ3v) is 3.87. The van der Waals surface area contributed by atoms with Gasteiger partial charge in [-0.25, -0.2) is 14.4 Å². The van der Waals surface area contributed by atoms with Crippen molar-refractivity contribution in [2.24, 2.45) is 0 Å². The van der Waals surface area contributed by atoms with Crippen LogP contribution in [0.3, 0.4) is 0 Å². The summed E-state index contributed by atoms with van der Waals surface area (Å²) in [5.74, 6) is -0.677. The predicted octanol–water partition coefficient (Wildman–Crippen LogP) is 4.57. The van der Waals surface area contributed by atoms with Crippen molar-refractivity contribution in [2.75, 3.05) is 10.6 Å². The number of hydrogen-bond acceptors (Lipinski definition) is 4. The van der Waals surface area contributed by atoms with Crippen LogP contribution in [0.25, 0.3) is 0 Å². The first kappa shape index (κ1) is 16.9. The summed E-state index contributed by atoms with van der Waals surface area (Å²) >= 11 is 6.07. The van der Waals surface area contributed by atoms with E-state index in [2.05, 4.69) is 20.6 Å². The molecule has 0 aliphatic rings. The third-order valence-electron chi connectivity index (χ3n) is 3.46. The van der Waals surface area contributed by atoms with Crippen molar-refractivity contribution in [2.45, 2.75) is 6.92 Å². The van der Waals surface area contributed by atoms with Gasteiger partial charge in [0.15, 0.2) is 0 Å². The number of aryl methyl sites for hydroxylation is 1. The number of para-hydroxylation sites is 1. The van der Waals surface area contributed by atoms with Gasteiger partial charge < -0.3 is 10.6 Å². The predicted molar refractivity (Wildman–Crippen MR) is 95.9 cm³/mol. The number of nitrogens with one attached hydrogen (secondary N) is 2. The Kier molecular flexibility index (Phi) is 4.90. The number of carbonyl (C=O) groups is 1. The first-order valence-corrected chi connectivity index (χ1v) is 7.82. The van der Waals surface area contributed by atoms with Crippen LogP contribution in [0.2, 0.25) is 5.02 Å². The molecule has 1 heterocycles. The number of nitrogens with zero attached hydrogens (tertiary/aromatic N) is 2. The second kappa shape index (κ2) is 7.27. The minimum Gasteiger partial charge on any atom is -0.324 e. The van der Waals surface area contributed by atoms with Crippen molar-refractivity contribution in [3.8, 4) is 0 Å². The zero-order chi connectivity index (χ0) is 17.8. The maximum atomic E-state index is 13.6. The molecule has 0 spiro atoms. The van der Waals surface area contributed by atoms with E-state index in [4.69, 9.17) is 11.6 Å². The van der Waals surface area contributed by atoms with Crippen molar-refractivity contribution in [1.82, 2.24) is 9.97 Å². The van der Waals surface area contributed by atoms with Gasteiger partial charge in [-0.05, 0) is 36.8 Å². The molecule has 25 heavy (non-hydrogen) atoms. The van der Waals surface area contributed by atoms with Crippen molar-refractivity contribution in [3.63, 3.8) is 0 Å². The minimum absolute atomic E-state index is 0.101. The van der Waals surface area contributed by atoms with Gasteiger partial charge >= 0.3 is 0 Å². The number of benzene rings is 2. The Morgan fingerprint density at radius 1 is 1.12 bits per heavy atom. The molecule has 3 rings (SSSR count). The summed E-state index contributed by atoms with van der Waals surface area (Å²) in [4.78, 5) is 20.3. The Balaban J connectivity index is 1.70. The van der Waals surface area contributed by atoms with Gasteiger partial charge in [0.2, 0.25) is 5.95 Å². The first-order valence-electron chi connectivity index (χ1n) is 7.44. The van der Waals surface area contributed by atoms with E-state index in [1.807, 2.05) is 19.1 Å². The number of amides is 1. The standard InChI is InChI=1S/C18H14ClFN4O/c1-11-6-7-13(8-14(11)19)23-18-21-9-12(10-22-18)17(25)24-16-5-3-2-4-15(16)20/h2-10H,1H3,(H,24,25)(H,21,22,23). The van der Waals surface area contributed by atoms with Gasteiger partial charge in [0.25, 0.3) is 5.91 Å². The number of anilines is 3. The van der Waals surface area contributed by atoms with Gasteiger partial charge in [0, 0.05) is 23.1 Å². The molecule has 0 aliphatic carbocycles. The molecule has 126 valence electrons. The number of hydrogen-bond donors (Lipinski definition) is 2. The fourth-order valence-electron chi connectivity index (χ4n) is 2.07. The average Bonchev–Trinajstić information content (AvgIpc) is 2.61. The van der Waals surface area contributed by atoms with Crippen LogP contribution in [0.4, 0.5) is 21.7 Å². The maximum absolute atomic E-state index is 13.6. The molecule has 0 atom stereocenters. The molecular weight excluding hydrogens is 343 g/mol. The summed E-state index contributed by atoms with van der Waals surface area (Å²) in [6, 6.07) is 11.4. The molecule has 2 aromatic carbocycles. The molecule has 1 aromatic heterocycles. The Morgan fingerprint density at radius 3 is 2.52 bits per heavy atom. The number of halogens is 2. The number of aromatic nitrogens is 2. The van der Waals surface area contributed by atoms with Crippen molar-refractivity contribution in [3.05, 3.63) is 76.8 Å². The topological polar surface area (TPSA) is 66.9 Å². The van der Waals surface area contributed by atoms with E-state index in [0.29, 0.717) is 11.0 Å². The largest absolute Gasteiger partial charge is 0.324 e. The van der Waals surface area contributed by atoms with Gasteiger partial charge in [-0.3, -0.25) is 4.79 Å². The lowest BCUT2D eigenvalue weighted by Crippen LogP contribution is -2.14. The van der Waals surface area contributed by atoms with Gasteiger partial charge in [-0.1, -0.05) is 29.8 Å². The van der Waals surface area contributed by atoms with Crippen molar-refractivity contribution < 1.29 is 9.18 Å². The Bertz CT molecular complexity index is 915. The first-order chi connectivity index (χ1) is 12.0. The Labute approximate surface area is 148 Å². The SMILES string of the molecule is Cc1ccc(Nc2ncc(C(=O)Nc3ccccc3F)cn2)cc1Cl. The fraction of sp³-hybridized carbons (Fsp3) is 0.0556. The molecule has 0 aliphatic heterocycles. The molecule has 2 N–H and O–H groups in total. The summed E-state index contributed by atoms with van der Waals surface area (Å²) < 4.78 is 13.6. The molecule has 5 nitrogen and oxygen atoms in total. The van der Waals surface area contributed by atoms with Crippen molar-refractivity contribution in [1.29, 1.82) is 0 Å². The minimum atomic E-state index is -0.508. The molecule has 0 bridgehead atoms.